The van der Waals surface area contributed by atoms with Crippen LogP contribution < -0.4 is 10.4 Å². The van der Waals surface area contributed by atoms with E-state index in [1.807, 2.05) is 107 Å². The van der Waals surface area contributed by atoms with Crippen LogP contribution in [0.3, 0.4) is 0 Å². The Morgan fingerprint density at radius 2 is 0.627 bits per heavy atom. The zero-order valence-corrected chi connectivity index (χ0v) is 34.0. The summed E-state index contributed by atoms with van der Waals surface area (Å²) in [5.41, 5.74) is 0.495. The van der Waals surface area contributed by atoms with Crippen molar-refractivity contribution < 1.29 is 11.0 Å². The first-order valence-corrected chi connectivity index (χ1v) is 21.5. The fourth-order valence-corrected chi connectivity index (χ4v) is 10.7. The fraction of sp³-hybridized carbons (Fsp3) is 0.360. The van der Waals surface area contributed by atoms with Crippen LogP contribution in [0.1, 0.15) is 116 Å². The molecule has 0 spiro atoms. The maximum absolute atomic E-state index is 10.1. The van der Waals surface area contributed by atoms with E-state index in [1.165, 1.54) is 0 Å². The largest absolute Gasteiger partial charge is 0.113 e. The highest BCUT2D eigenvalue weighted by Crippen LogP contribution is 2.43. The molecule has 0 saturated heterocycles. The van der Waals surface area contributed by atoms with Gasteiger partial charge >= 0.3 is 0 Å². The molecule has 0 atom stereocenters. The van der Waals surface area contributed by atoms with Gasteiger partial charge in [0.15, 0.2) is 0 Å². The lowest BCUT2D eigenvalue weighted by molar-refractivity contribution is 0.591. The molecule has 0 radical (unpaired) electrons. The number of hydrogen-bond acceptors (Lipinski definition) is 0. The van der Waals surface area contributed by atoms with Crippen LogP contribution in [0.4, 0.5) is 0 Å². The lowest BCUT2D eigenvalue weighted by Crippen LogP contribution is -2.53. The number of hydrogen-bond donors (Lipinski definition) is 0. The summed E-state index contributed by atoms with van der Waals surface area (Å²) < 4.78 is 78.0. The normalized spacial score (nSPS) is 16.3. The summed E-state index contributed by atoms with van der Waals surface area (Å²) in [6.07, 6.45) is 0. The Morgan fingerprint density at radius 1 is 0.373 bits per heavy atom. The van der Waals surface area contributed by atoms with Crippen LogP contribution in [-0.4, -0.2) is 8.07 Å². The Hall–Kier alpha value is -3.94. The maximum Gasteiger partial charge on any atom is 0.113 e. The van der Waals surface area contributed by atoms with Crippen molar-refractivity contribution >= 4 is 83.1 Å². The molecule has 0 unspecified atom stereocenters. The Bertz CT molecular complexity index is 2920. The molecule has 0 amide bonds. The van der Waals surface area contributed by atoms with Crippen LogP contribution in [0.5, 0.6) is 0 Å². The monoisotopic (exact) mass is 692 g/mol. The molecule has 8 aromatic carbocycles. The Morgan fingerprint density at radius 3 is 0.922 bits per heavy atom. The first-order valence-electron chi connectivity index (χ1n) is 22.5. The van der Waals surface area contributed by atoms with Crippen molar-refractivity contribution in [2.24, 2.45) is 0 Å². The zero-order chi connectivity index (χ0) is 43.8. The molecule has 0 N–H and O–H groups in total. The smallest absolute Gasteiger partial charge is 0.0616 e. The SMILES string of the molecule is [2H]c1c(C(C)(C)C)c([2H])c2cc([Si](C)(C)c3cc4c([2H])c(C(C)(C)C)c([2H])c5ccc6c([2H])c(C(C)(C)C)c([2H])c3c6c54)c3c([2H])c(C(C)(C)C)c([2H])c4ccc1c2c43. The van der Waals surface area contributed by atoms with Gasteiger partial charge in [0.25, 0.3) is 0 Å². The van der Waals surface area contributed by atoms with Gasteiger partial charge < -0.3 is 0 Å². The summed E-state index contributed by atoms with van der Waals surface area (Å²) in [6.45, 7) is 29.0. The van der Waals surface area contributed by atoms with Gasteiger partial charge in [0.05, 0.1) is 11.0 Å². The average Bonchev–Trinajstić information content (AvgIpc) is 3.08. The van der Waals surface area contributed by atoms with Crippen LogP contribution in [0, 0.1) is 0 Å². The average molecular weight is 693 g/mol. The van der Waals surface area contributed by atoms with Gasteiger partial charge in [0.1, 0.15) is 8.07 Å². The molecule has 0 bridgehead atoms. The molecular formula is C50H56Si. The maximum atomic E-state index is 10.1. The lowest BCUT2D eigenvalue weighted by Gasteiger charge is -2.32. The molecule has 260 valence electrons. The molecule has 0 saturated carbocycles. The molecule has 8 aromatic rings. The first-order chi connectivity index (χ1) is 27.0. The minimum absolute atomic E-state index is 0.278. The summed E-state index contributed by atoms with van der Waals surface area (Å²) in [4.78, 5) is 0. The van der Waals surface area contributed by atoms with Gasteiger partial charge in [-0.2, -0.15) is 0 Å². The van der Waals surface area contributed by atoms with E-state index in [9.17, 15) is 11.0 Å². The van der Waals surface area contributed by atoms with E-state index in [1.54, 1.807) is 0 Å². The lowest BCUT2D eigenvalue weighted by atomic mass is 9.81. The second-order valence-corrected chi connectivity index (χ2v) is 24.0. The van der Waals surface area contributed by atoms with Crippen molar-refractivity contribution in [1.82, 2.24) is 0 Å². The first kappa shape index (κ1) is 25.9. The fourth-order valence-electron chi connectivity index (χ4n) is 7.82. The van der Waals surface area contributed by atoms with E-state index < -0.39 is 29.7 Å². The van der Waals surface area contributed by atoms with Crippen LogP contribution >= 0.6 is 0 Å². The van der Waals surface area contributed by atoms with Crippen molar-refractivity contribution in [3.05, 3.63) is 107 Å². The summed E-state index contributed by atoms with van der Waals surface area (Å²) in [5, 5.41) is 10.4. The van der Waals surface area contributed by atoms with Crippen LogP contribution in [0.2, 0.25) is 13.1 Å². The molecule has 8 rings (SSSR count). The van der Waals surface area contributed by atoms with Gasteiger partial charge in [0, 0.05) is 0 Å². The van der Waals surface area contributed by atoms with E-state index in [0.717, 1.165) is 42.7 Å². The van der Waals surface area contributed by atoms with Crippen LogP contribution in [0.25, 0.3) is 64.6 Å². The minimum atomic E-state index is -3.18. The van der Waals surface area contributed by atoms with Crippen LogP contribution in [0.15, 0.2) is 84.7 Å². The third-order valence-electron chi connectivity index (χ3n) is 11.0. The van der Waals surface area contributed by atoms with Crippen molar-refractivity contribution in [2.45, 2.75) is 118 Å². The van der Waals surface area contributed by atoms with Crippen molar-refractivity contribution in [1.29, 1.82) is 0 Å². The van der Waals surface area contributed by atoms with E-state index >= 15 is 0 Å². The molecule has 0 aliphatic heterocycles. The molecule has 51 heavy (non-hydrogen) atoms. The molecule has 0 aliphatic rings. The minimum Gasteiger partial charge on any atom is -0.0616 e. The van der Waals surface area contributed by atoms with E-state index in [2.05, 4.69) is 25.2 Å². The van der Waals surface area contributed by atoms with E-state index in [4.69, 9.17) is 0 Å². The summed E-state index contributed by atoms with van der Waals surface area (Å²) in [7, 11) is -3.18. The predicted molar refractivity (Wildman–Crippen MR) is 232 cm³/mol. The second kappa shape index (κ2) is 10.6. The van der Waals surface area contributed by atoms with Gasteiger partial charge in [0.2, 0.25) is 0 Å². The third-order valence-corrected chi connectivity index (χ3v) is 14.5. The standard InChI is InChI=1S/C50H56Si/c1-47(2,3)35-19-29-15-17-31-21-37(49(7,8)9)27-39-41(25-33(23-35)43(29)45(31)39)51(13,14)42-26-34-24-36(48(4,5)6)20-30-16-18-32-22-38(50(10,11)12)28-40(42)46(32)44(30)34/h15-28H,1-14H3/i19D,20D,21D,22D,23D,24D,27D,28D. The highest BCUT2D eigenvalue weighted by atomic mass is 28.3. The number of rotatable bonds is 2. The quantitative estimate of drug-likeness (QED) is 0.125. The molecule has 0 aliphatic carbocycles. The van der Waals surface area contributed by atoms with Crippen molar-refractivity contribution in [3.63, 3.8) is 0 Å². The topological polar surface area (TPSA) is 0 Å². The summed E-state index contributed by atoms with van der Waals surface area (Å²) in [6, 6.07) is 14.3. The summed E-state index contributed by atoms with van der Waals surface area (Å²) >= 11 is 0. The van der Waals surface area contributed by atoms with Crippen LogP contribution in [-0.2, 0) is 21.7 Å². The number of benzene rings is 8. The molecule has 0 heterocycles. The summed E-state index contributed by atoms with van der Waals surface area (Å²) in [5.74, 6) is 0. The van der Waals surface area contributed by atoms with Gasteiger partial charge in [-0.1, -0.05) is 181 Å². The molecule has 0 fully saturated rings. The highest BCUT2D eigenvalue weighted by Gasteiger charge is 2.34. The van der Waals surface area contributed by atoms with Gasteiger partial charge in [-0.15, -0.1) is 0 Å². The molecule has 0 aromatic heterocycles. The van der Waals surface area contributed by atoms with E-state index in [-0.39, 0.29) is 24.2 Å². The van der Waals surface area contributed by atoms with Gasteiger partial charge in [-0.25, -0.2) is 0 Å². The molecule has 0 nitrogen and oxygen atoms in total. The Balaban J connectivity index is 1.69. The predicted octanol–water partition coefficient (Wildman–Crippen LogP) is 13.5. The highest BCUT2D eigenvalue weighted by molar-refractivity contribution is 7.03. The Labute approximate surface area is 318 Å². The molecular weight excluding hydrogens is 629 g/mol. The van der Waals surface area contributed by atoms with Gasteiger partial charge in [-0.05, 0) is 119 Å². The van der Waals surface area contributed by atoms with Crippen molar-refractivity contribution in [3.8, 4) is 0 Å². The van der Waals surface area contributed by atoms with Crippen molar-refractivity contribution in [2.75, 3.05) is 0 Å². The van der Waals surface area contributed by atoms with E-state index in [0.29, 0.717) is 78.7 Å². The zero-order valence-electron chi connectivity index (χ0n) is 41.0. The van der Waals surface area contributed by atoms with Gasteiger partial charge in [-0.3, -0.25) is 0 Å². The Kier molecular flexibility index (Phi) is 5.37. The molecule has 1 heteroatoms. The third kappa shape index (κ3) is 5.29. The second-order valence-electron chi connectivity index (χ2n) is 19.6.